The van der Waals surface area contributed by atoms with E-state index in [0.717, 1.165) is 44.4 Å². The second-order valence-electron chi connectivity index (χ2n) is 6.36. The molecule has 0 saturated heterocycles. The molecule has 1 atom stereocenters. The van der Waals surface area contributed by atoms with Crippen molar-refractivity contribution in [1.82, 2.24) is 20.3 Å². The van der Waals surface area contributed by atoms with Gasteiger partial charge in [0.05, 0.1) is 17.1 Å². The molecule has 0 bridgehead atoms. The van der Waals surface area contributed by atoms with Gasteiger partial charge in [-0.1, -0.05) is 34.1 Å². The minimum Gasteiger partial charge on any atom is -0.350 e. The van der Waals surface area contributed by atoms with Crippen molar-refractivity contribution < 1.29 is 4.79 Å². The Morgan fingerprint density at radius 1 is 1.19 bits per heavy atom. The van der Waals surface area contributed by atoms with Crippen molar-refractivity contribution >= 4 is 55.5 Å². The highest BCUT2D eigenvalue weighted by atomic mass is 79.9. The standard InChI is InChI=1S/C20H19BrN4OS/c1-27-9-8-16(19-23-14-4-2-3-5-15(14)24-19)25-20(26)18-10-12-6-7-13(21)11-17(12)22-18/h2-7,10-11,16,22H,8-9H2,1H3,(H,23,24)(H,25,26). The van der Waals surface area contributed by atoms with Gasteiger partial charge in [0.25, 0.3) is 5.91 Å². The zero-order chi connectivity index (χ0) is 18.8. The molecule has 0 aliphatic carbocycles. The van der Waals surface area contributed by atoms with Crippen molar-refractivity contribution in [3.8, 4) is 0 Å². The summed E-state index contributed by atoms with van der Waals surface area (Å²) >= 11 is 5.21. The predicted molar refractivity (Wildman–Crippen MR) is 115 cm³/mol. The molecule has 4 rings (SSSR count). The Morgan fingerprint density at radius 3 is 2.85 bits per heavy atom. The van der Waals surface area contributed by atoms with E-state index >= 15 is 0 Å². The Balaban J connectivity index is 1.60. The summed E-state index contributed by atoms with van der Waals surface area (Å²) in [4.78, 5) is 24.1. The minimum atomic E-state index is -0.171. The lowest BCUT2D eigenvalue weighted by molar-refractivity contribution is 0.0930. The van der Waals surface area contributed by atoms with Crippen molar-refractivity contribution in [2.45, 2.75) is 12.5 Å². The zero-order valence-corrected chi connectivity index (χ0v) is 17.2. The number of nitrogens with zero attached hydrogens (tertiary/aromatic N) is 1. The van der Waals surface area contributed by atoms with E-state index in [1.807, 2.05) is 48.5 Å². The maximum absolute atomic E-state index is 12.9. The quantitative estimate of drug-likeness (QED) is 0.391. The number of thioether (sulfide) groups is 1. The number of amides is 1. The number of aromatic amines is 2. The Bertz CT molecular complexity index is 1070. The van der Waals surface area contributed by atoms with Crippen molar-refractivity contribution in [3.63, 3.8) is 0 Å². The fourth-order valence-electron chi connectivity index (χ4n) is 3.11. The lowest BCUT2D eigenvalue weighted by atomic mass is 10.2. The van der Waals surface area contributed by atoms with Gasteiger partial charge in [0, 0.05) is 15.4 Å². The minimum absolute atomic E-state index is 0.131. The normalized spacial score (nSPS) is 12.5. The van der Waals surface area contributed by atoms with Gasteiger partial charge in [-0.2, -0.15) is 11.8 Å². The van der Waals surface area contributed by atoms with E-state index in [1.54, 1.807) is 11.8 Å². The molecule has 1 amide bonds. The molecule has 0 aliphatic rings. The van der Waals surface area contributed by atoms with Gasteiger partial charge in [-0.05, 0) is 48.8 Å². The number of hydrogen-bond acceptors (Lipinski definition) is 3. The van der Waals surface area contributed by atoms with Crippen LogP contribution in [0.5, 0.6) is 0 Å². The van der Waals surface area contributed by atoms with Crippen LogP contribution in [0.2, 0.25) is 0 Å². The first-order chi connectivity index (χ1) is 13.1. The lowest BCUT2D eigenvalue weighted by Crippen LogP contribution is -2.30. The number of halogens is 1. The molecule has 2 aromatic carbocycles. The van der Waals surface area contributed by atoms with Crippen molar-refractivity contribution in [2.24, 2.45) is 0 Å². The summed E-state index contributed by atoms with van der Waals surface area (Å²) in [7, 11) is 0. The van der Waals surface area contributed by atoms with Gasteiger partial charge in [0.2, 0.25) is 0 Å². The highest BCUT2D eigenvalue weighted by molar-refractivity contribution is 9.10. The van der Waals surface area contributed by atoms with Crippen LogP contribution in [0.3, 0.4) is 0 Å². The topological polar surface area (TPSA) is 73.6 Å². The third-order valence-electron chi connectivity index (χ3n) is 4.48. The Morgan fingerprint density at radius 2 is 2.04 bits per heavy atom. The first-order valence-electron chi connectivity index (χ1n) is 8.67. The third kappa shape index (κ3) is 3.89. The molecular formula is C20H19BrN4OS. The Labute approximate surface area is 169 Å². The molecule has 0 radical (unpaired) electrons. The molecule has 4 aromatic rings. The largest absolute Gasteiger partial charge is 0.350 e. The molecule has 0 aliphatic heterocycles. The van der Waals surface area contributed by atoms with Crippen molar-refractivity contribution in [3.05, 3.63) is 64.5 Å². The van der Waals surface area contributed by atoms with E-state index in [-0.39, 0.29) is 11.9 Å². The molecule has 138 valence electrons. The van der Waals surface area contributed by atoms with Crippen LogP contribution >= 0.6 is 27.7 Å². The van der Waals surface area contributed by atoms with Gasteiger partial charge in [-0.15, -0.1) is 0 Å². The van der Waals surface area contributed by atoms with Gasteiger partial charge in [-0.3, -0.25) is 4.79 Å². The van der Waals surface area contributed by atoms with Crippen LogP contribution in [0.1, 0.15) is 28.8 Å². The van der Waals surface area contributed by atoms with Gasteiger partial charge >= 0.3 is 0 Å². The number of carbonyl (C=O) groups is 1. The SMILES string of the molecule is CSCCC(NC(=O)c1cc2ccc(Br)cc2[nH]1)c1nc2ccccc2[nH]1. The van der Waals surface area contributed by atoms with Gasteiger partial charge in [0.1, 0.15) is 11.5 Å². The summed E-state index contributed by atoms with van der Waals surface area (Å²) in [5.41, 5.74) is 3.37. The molecule has 27 heavy (non-hydrogen) atoms. The van der Waals surface area contributed by atoms with Crippen LogP contribution in [-0.2, 0) is 0 Å². The highest BCUT2D eigenvalue weighted by Crippen LogP contribution is 2.23. The number of hydrogen-bond donors (Lipinski definition) is 3. The molecule has 1 unspecified atom stereocenters. The number of carbonyl (C=O) groups excluding carboxylic acids is 1. The summed E-state index contributed by atoms with van der Waals surface area (Å²) in [6, 6.07) is 15.5. The summed E-state index contributed by atoms with van der Waals surface area (Å²) in [6.45, 7) is 0. The van der Waals surface area contributed by atoms with E-state index in [0.29, 0.717) is 5.69 Å². The summed E-state index contributed by atoms with van der Waals surface area (Å²) in [5.74, 6) is 1.59. The number of fused-ring (bicyclic) bond motifs is 2. The molecule has 7 heteroatoms. The van der Waals surface area contributed by atoms with Crippen LogP contribution in [0, 0.1) is 0 Å². The van der Waals surface area contributed by atoms with Crippen molar-refractivity contribution in [1.29, 1.82) is 0 Å². The van der Waals surface area contributed by atoms with Gasteiger partial charge in [-0.25, -0.2) is 4.98 Å². The molecule has 3 N–H and O–H groups in total. The number of para-hydroxylation sites is 2. The van der Waals surface area contributed by atoms with Crippen LogP contribution in [0.4, 0.5) is 0 Å². The average molecular weight is 443 g/mol. The van der Waals surface area contributed by atoms with Crippen LogP contribution in [0.15, 0.2) is 53.0 Å². The number of aromatic nitrogens is 3. The molecule has 2 aromatic heterocycles. The zero-order valence-electron chi connectivity index (χ0n) is 14.8. The average Bonchev–Trinajstić information content (AvgIpc) is 3.28. The monoisotopic (exact) mass is 442 g/mol. The number of imidazole rings is 1. The molecule has 0 spiro atoms. The fraction of sp³-hybridized carbons (Fsp3) is 0.200. The fourth-order valence-corrected chi connectivity index (χ4v) is 3.94. The first-order valence-corrected chi connectivity index (χ1v) is 10.9. The van der Waals surface area contributed by atoms with Crippen LogP contribution < -0.4 is 5.32 Å². The van der Waals surface area contributed by atoms with Gasteiger partial charge < -0.3 is 15.3 Å². The number of rotatable bonds is 6. The molecule has 2 heterocycles. The lowest BCUT2D eigenvalue weighted by Gasteiger charge is -2.15. The maximum atomic E-state index is 12.9. The molecule has 0 saturated carbocycles. The van der Waals surface area contributed by atoms with E-state index in [2.05, 4.69) is 42.5 Å². The smallest absolute Gasteiger partial charge is 0.268 e. The first kappa shape index (κ1) is 18.1. The summed E-state index contributed by atoms with van der Waals surface area (Å²) in [5, 5.41) is 4.14. The molecule has 5 nitrogen and oxygen atoms in total. The van der Waals surface area contributed by atoms with E-state index in [4.69, 9.17) is 0 Å². The van der Waals surface area contributed by atoms with Crippen molar-refractivity contribution in [2.75, 3.05) is 12.0 Å². The van der Waals surface area contributed by atoms with Gasteiger partial charge in [0.15, 0.2) is 0 Å². The number of benzene rings is 2. The Kier molecular flexibility index (Phi) is 5.22. The van der Waals surface area contributed by atoms with E-state index in [1.165, 1.54) is 0 Å². The van der Waals surface area contributed by atoms with Crippen LogP contribution in [0.25, 0.3) is 21.9 Å². The third-order valence-corrected chi connectivity index (χ3v) is 5.62. The highest BCUT2D eigenvalue weighted by Gasteiger charge is 2.20. The van der Waals surface area contributed by atoms with Crippen LogP contribution in [-0.4, -0.2) is 32.9 Å². The molecule has 0 fully saturated rings. The maximum Gasteiger partial charge on any atom is 0.268 e. The number of H-pyrrole nitrogens is 2. The summed E-state index contributed by atoms with van der Waals surface area (Å²) < 4.78 is 0.976. The second-order valence-corrected chi connectivity index (χ2v) is 8.26. The molecular weight excluding hydrogens is 424 g/mol. The predicted octanol–water partition coefficient (Wildman–Crippen LogP) is 5.03. The number of nitrogens with one attached hydrogen (secondary N) is 3. The van der Waals surface area contributed by atoms with E-state index in [9.17, 15) is 4.79 Å². The second kappa shape index (κ2) is 7.78. The van der Waals surface area contributed by atoms with E-state index < -0.39 is 0 Å². The summed E-state index contributed by atoms with van der Waals surface area (Å²) in [6.07, 6.45) is 2.87. The Hall–Kier alpha value is -2.25.